The quantitative estimate of drug-likeness (QED) is 0.845. The minimum Gasteiger partial charge on any atom is -0.383 e. The van der Waals surface area contributed by atoms with E-state index in [1.165, 1.54) is 0 Å². The van der Waals surface area contributed by atoms with E-state index >= 15 is 0 Å². The molecule has 2 rings (SSSR count). The van der Waals surface area contributed by atoms with Crippen molar-refractivity contribution in [2.75, 3.05) is 20.3 Å². The molecule has 0 aliphatic carbocycles. The Balaban J connectivity index is 2.15. The molecule has 0 unspecified atom stereocenters. The molecule has 0 bridgehead atoms. The van der Waals surface area contributed by atoms with E-state index in [1.54, 1.807) is 30.2 Å². The molecule has 0 fully saturated rings. The van der Waals surface area contributed by atoms with E-state index in [9.17, 15) is 9.59 Å². The first-order valence-corrected chi connectivity index (χ1v) is 7.57. The van der Waals surface area contributed by atoms with E-state index in [2.05, 4.69) is 15.3 Å². The molecule has 7 heteroatoms. The minimum absolute atomic E-state index is 0.0924. The van der Waals surface area contributed by atoms with Crippen molar-refractivity contribution in [2.24, 2.45) is 0 Å². The lowest BCUT2D eigenvalue weighted by Crippen LogP contribution is -2.45. The molecule has 1 heterocycles. The highest BCUT2D eigenvalue weighted by Crippen LogP contribution is 2.07. The minimum atomic E-state index is -0.215. The molecule has 1 atom stereocenters. The standard InChI is InChI=1S/C16H22N4O3/c1-4-20(16(22)17-11(2)10-23-3)9-14-18-13-8-6-5-7-12(13)15(21)19-14/h5-8,11H,4,9-10H2,1-3H3,(H,17,22)(H,18,19,21)/t11-/m0/s1. The molecule has 1 aromatic heterocycles. The lowest BCUT2D eigenvalue weighted by molar-refractivity contribution is 0.158. The van der Waals surface area contributed by atoms with Gasteiger partial charge < -0.3 is 19.9 Å². The lowest BCUT2D eigenvalue weighted by atomic mass is 10.2. The average Bonchev–Trinajstić information content (AvgIpc) is 2.52. The van der Waals surface area contributed by atoms with Crippen LogP contribution in [0.25, 0.3) is 10.9 Å². The molecule has 0 aliphatic heterocycles. The number of H-pyrrole nitrogens is 1. The van der Waals surface area contributed by atoms with E-state index in [0.717, 1.165) is 0 Å². The zero-order chi connectivity index (χ0) is 16.8. The Kier molecular flexibility index (Phi) is 5.70. The third-order valence-corrected chi connectivity index (χ3v) is 3.46. The maximum absolute atomic E-state index is 12.3. The number of carbonyl (C=O) groups is 1. The summed E-state index contributed by atoms with van der Waals surface area (Å²) in [4.78, 5) is 33.1. The number of carbonyl (C=O) groups excluding carboxylic acids is 1. The average molecular weight is 318 g/mol. The van der Waals surface area contributed by atoms with Gasteiger partial charge in [-0.05, 0) is 26.0 Å². The summed E-state index contributed by atoms with van der Waals surface area (Å²) < 4.78 is 5.01. The van der Waals surface area contributed by atoms with Crippen molar-refractivity contribution in [2.45, 2.75) is 26.4 Å². The molecule has 0 aliphatic rings. The number of hydrogen-bond acceptors (Lipinski definition) is 4. The number of aromatic nitrogens is 2. The monoisotopic (exact) mass is 318 g/mol. The van der Waals surface area contributed by atoms with Crippen LogP contribution < -0.4 is 10.9 Å². The Hall–Kier alpha value is -2.41. The normalized spacial score (nSPS) is 12.1. The van der Waals surface area contributed by atoms with Gasteiger partial charge in [-0.3, -0.25) is 4.79 Å². The summed E-state index contributed by atoms with van der Waals surface area (Å²) in [7, 11) is 1.59. The van der Waals surface area contributed by atoms with Gasteiger partial charge in [0.25, 0.3) is 5.56 Å². The smallest absolute Gasteiger partial charge is 0.318 e. The summed E-state index contributed by atoms with van der Waals surface area (Å²) in [5.41, 5.74) is 0.422. The number of urea groups is 1. The van der Waals surface area contributed by atoms with Gasteiger partial charge in [0.05, 0.1) is 30.1 Å². The fraction of sp³-hybridized carbons (Fsp3) is 0.438. The van der Waals surface area contributed by atoms with Gasteiger partial charge in [-0.25, -0.2) is 9.78 Å². The molecule has 0 saturated heterocycles. The van der Waals surface area contributed by atoms with E-state index in [0.29, 0.717) is 29.9 Å². The predicted octanol–water partition coefficient (Wildman–Crippen LogP) is 1.49. The van der Waals surface area contributed by atoms with Gasteiger partial charge in [-0.2, -0.15) is 0 Å². The molecular weight excluding hydrogens is 296 g/mol. The summed E-state index contributed by atoms with van der Waals surface area (Å²) in [6, 6.07) is 6.82. The van der Waals surface area contributed by atoms with E-state index in [1.807, 2.05) is 19.9 Å². The first kappa shape index (κ1) is 17.0. The van der Waals surface area contributed by atoms with Crippen LogP contribution in [0.5, 0.6) is 0 Å². The van der Waals surface area contributed by atoms with Crippen LogP contribution in [0, 0.1) is 0 Å². The van der Waals surface area contributed by atoms with Crippen LogP contribution in [-0.2, 0) is 11.3 Å². The number of nitrogens with one attached hydrogen (secondary N) is 2. The Bertz CT molecular complexity index is 729. The zero-order valence-corrected chi connectivity index (χ0v) is 13.6. The third-order valence-electron chi connectivity index (χ3n) is 3.46. The van der Waals surface area contributed by atoms with Crippen LogP contribution in [0.2, 0.25) is 0 Å². The number of methoxy groups -OCH3 is 1. The van der Waals surface area contributed by atoms with Crippen LogP contribution in [0.15, 0.2) is 29.1 Å². The summed E-state index contributed by atoms with van der Waals surface area (Å²) >= 11 is 0. The maximum atomic E-state index is 12.3. The third kappa shape index (κ3) is 4.29. The molecule has 2 N–H and O–H groups in total. The fourth-order valence-electron chi connectivity index (χ4n) is 2.31. The molecule has 7 nitrogen and oxygen atoms in total. The van der Waals surface area contributed by atoms with E-state index in [4.69, 9.17) is 4.74 Å². The highest BCUT2D eigenvalue weighted by Gasteiger charge is 2.16. The maximum Gasteiger partial charge on any atom is 0.318 e. The number of benzene rings is 1. The number of ether oxygens (including phenoxy) is 1. The van der Waals surface area contributed by atoms with Crippen LogP contribution in [0.4, 0.5) is 4.79 Å². The van der Waals surface area contributed by atoms with Crippen molar-refractivity contribution in [1.29, 1.82) is 0 Å². The second-order valence-electron chi connectivity index (χ2n) is 5.35. The van der Waals surface area contributed by atoms with E-state index < -0.39 is 0 Å². The van der Waals surface area contributed by atoms with Crippen molar-refractivity contribution in [3.05, 3.63) is 40.4 Å². The first-order chi connectivity index (χ1) is 11.0. The first-order valence-electron chi connectivity index (χ1n) is 7.57. The van der Waals surface area contributed by atoms with Crippen LogP contribution in [0.1, 0.15) is 19.7 Å². The van der Waals surface area contributed by atoms with Gasteiger partial charge >= 0.3 is 6.03 Å². The number of para-hydroxylation sites is 1. The SMILES string of the molecule is CCN(Cc1nc2ccccc2c(=O)[nH]1)C(=O)N[C@@H](C)COC. The fourth-order valence-corrected chi connectivity index (χ4v) is 2.31. The summed E-state index contributed by atoms with van der Waals surface area (Å²) in [5.74, 6) is 0.463. The zero-order valence-electron chi connectivity index (χ0n) is 13.6. The molecule has 23 heavy (non-hydrogen) atoms. The topological polar surface area (TPSA) is 87.3 Å². The Morgan fingerprint density at radius 3 is 2.87 bits per heavy atom. The number of hydrogen-bond donors (Lipinski definition) is 2. The molecular formula is C16H22N4O3. The van der Waals surface area contributed by atoms with Gasteiger partial charge in [0.2, 0.25) is 0 Å². The Morgan fingerprint density at radius 1 is 1.43 bits per heavy atom. The molecule has 0 saturated carbocycles. The highest BCUT2D eigenvalue weighted by molar-refractivity contribution is 5.77. The number of nitrogens with zero attached hydrogens (tertiary/aromatic N) is 2. The highest BCUT2D eigenvalue weighted by atomic mass is 16.5. The van der Waals surface area contributed by atoms with Gasteiger partial charge in [0.1, 0.15) is 5.82 Å². The molecule has 124 valence electrons. The Labute approximate surface area is 134 Å². The van der Waals surface area contributed by atoms with Gasteiger partial charge in [0, 0.05) is 13.7 Å². The summed E-state index contributed by atoms with van der Waals surface area (Å²) in [6.45, 7) is 4.92. The number of fused-ring (bicyclic) bond motifs is 1. The van der Waals surface area contributed by atoms with Gasteiger partial charge in [-0.15, -0.1) is 0 Å². The predicted molar refractivity (Wildman–Crippen MR) is 88.3 cm³/mol. The van der Waals surface area contributed by atoms with Crippen molar-refractivity contribution < 1.29 is 9.53 Å². The van der Waals surface area contributed by atoms with Gasteiger partial charge in [-0.1, -0.05) is 12.1 Å². The summed E-state index contributed by atoms with van der Waals surface area (Å²) in [5, 5.41) is 3.39. The van der Waals surface area contributed by atoms with E-state index in [-0.39, 0.29) is 24.2 Å². The van der Waals surface area contributed by atoms with Crippen molar-refractivity contribution >= 4 is 16.9 Å². The molecule has 2 aromatic rings. The number of aromatic amines is 1. The van der Waals surface area contributed by atoms with Crippen LogP contribution in [0.3, 0.4) is 0 Å². The van der Waals surface area contributed by atoms with Crippen molar-refractivity contribution in [3.8, 4) is 0 Å². The lowest BCUT2D eigenvalue weighted by Gasteiger charge is -2.23. The molecule has 1 aromatic carbocycles. The second-order valence-corrected chi connectivity index (χ2v) is 5.35. The summed E-state index contributed by atoms with van der Waals surface area (Å²) in [6.07, 6.45) is 0. The molecule has 0 radical (unpaired) electrons. The molecule has 2 amide bonds. The van der Waals surface area contributed by atoms with Crippen molar-refractivity contribution in [1.82, 2.24) is 20.2 Å². The van der Waals surface area contributed by atoms with Crippen LogP contribution in [-0.4, -0.2) is 47.2 Å². The largest absolute Gasteiger partial charge is 0.383 e. The van der Waals surface area contributed by atoms with Crippen LogP contribution >= 0.6 is 0 Å². The number of rotatable bonds is 6. The number of amides is 2. The van der Waals surface area contributed by atoms with Crippen molar-refractivity contribution in [3.63, 3.8) is 0 Å². The van der Waals surface area contributed by atoms with Gasteiger partial charge in [0.15, 0.2) is 0 Å². The molecule has 0 spiro atoms. The Morgan fingerprint density at radius 2 is 2.17 bits per heavy atom. The second kappa shape index (κ2) is 7.73.